The third-order valence-electron chi connectivity index (χ3n) is 3.82. The predicted octanol–water partition coefficient (Wildman–Crippen LogP) is 6.29. The van der Waals surface area contributed by atoms with Crippen molar-refractivity contribution in [2.75, 3.05) is 17.6 Å². The van der Waals surface area contributed by atoms with Crippen LogP contribution >= 0.6 is 35.0 Å². The Morgan fingerprint density at radius 2 is 1.96 bits per heavy atom. The molecule has 0 aliphatic carbocycles. The van der Waals surface area contributed by atoms with E-state index in [9.17, 15) is 18.0 Å². The minimum atomic E-state index is -4.43. The minimum Gasteiger partial charge on any atom is -0.308 e. The molecule has 3 nitrogen and oxygen atoms in total. The Morgan fingerprint density at radius 1 is 1.19 bits per heavy atom. The number of amides is 2. The number of benzene rings is 2. The first-order valence-electron chi connectivity index (χ1n) is 7.57. The van der Waals surface area contributed by atoms with Gasteiger partial charge in [0.25, 0.3) is 0 Å². The minimum absolute atomic E-state index is 0.285. The largest absolute Gasteiger partial charge is 0.416 e. The van der Waals surface area contributed by atoms with E-state index < -0.39 is 23.1 Å². The summed E-state index contributed by atoms with van der Waals surface area (Å²) >= 11 is 13.3. The van der Waals surface area contributed by atoms with Gasteiger partial charge in [-0.25, -0.2) is 4.79 Å². The number of halogens is 5. The van der Waals surface area contributed by atoms with Gasteiger partial charge < -0.3 is 10.2 Å². The summed E-state index contributed by atoms with van der Waals surface area (Å²) in [5.74, 6) is 0.628. The summed E-state index contributed by atoms with van der Waals surface area (Å²) in [6, 6.07) is 9.27. The van der Waals surface area contributed by atoms with Crippen LogP contribution in [0.25, 0.3) is 0 Å². The lowest BCUT2D eigenvalue weighted by molar-refractivity contribution is -0.137. The molecule has 0 radical (unpaired) electrons. The highest BCUT2D eigenvalue weighted by Gasteiger charge is 2.34. The molecule has 9 heteroatoms. The lowest BCUT2D eigenvalue weighted by atomic mass is 10.1. The SMILES string of the molecule is O=C(Nc1ccc(Cl)cc1Cl)N1CCSC1c1cccc(C(F)(F)F)c1. The number of rotatable bonds is 2. The average Bonchev–Trinajstić information content (AvgIpc) is 3.06. The standard InChI is InChI=1S/C17H13Cl2F3N2OS/c18-12-4-5-14(13(19)9-12)23-16(25)24-6-7-26-15(24)10-2-1-3-11(8-10)17(20,21)22/h1-5,8-9,15H,6-7H2,(H,23,25). The maximum Gasteiger partial charge on any atom is 0.416 e. The molecule has 1 unspecified atom stereocenters. The van der Waals surface area contributed by atoms with Crippen LogP contribution in [0.3, 0.4) is 0 Å². The van der Waals surface area contributed by atoms with Gasteiger partial charge in [0.15, 0.2) is 0 Å². The number of anilines is 1. The van der Waals surface area contributed by atoms with Crippen LogP contribution in [-0.2, 0) is 6.18 Å². The van der Waals surface area contributed by atoms with E-state index in [-0.39, 0.29) is 5.02 Å². The third kappa shape index (κ3) is 4.22. The van der Waals surface area contributed by atoms with E-state index in [4.69, 9.17) is 23.2 Å². The lowest BCUT2D eigenvalue weighted by Crippen LogP contribution is -2.34. The first-order chi connectivity index (χ1) is 12.3. The second kappa shape index (κ2) is 7.58. The van der Waals surface area contributed by atoms with E-state index in [1.54, 1.807) is 18.2 Å². The Balaban J connectivity index is 1.81. The molecular weight excluding hydrogens is 408 g/mol. The van der Waals surface area contributed by atoms with Crippen molar-refractivity contribution >= 4 is 46.7 Å². The molecule has 3 rings (SSSR count). The van der Waals surface area contributed by atoms with Gasteiger partial charge in [0.05, 0.1) is 16.3 Å². The first-order valence-corrected chi connectivity index (χ1v) is 9.37. The Kier molecular flexibility index (Phi) is 5.60. The highest BCUT2D eigenvalue weighted by Crippen LogP contribution is 2.40. The van der Waals surface area contributed by atoms with E-state index in [1.807, 2.05) is 0 Å². The van der Waals surface area contributed by atoms with Crippen LogP contribution in [0.4, 0.5) is 23.7 Å². The maximum absolute atomic E-state index is 12.9. The molecule has 1 aliphatic rings. The van der Waals surface area contributed by atoms with Crippen molar-refractivity contribution in [2.24, 2.45) is 0 Å². The highest BCUT2D eigenvalue weighted by atomic mass is 35.5. The van der Waals surface area contributed by atoms with Gasteiger partial charge in [-0.15, -0.1) is 11.8 Å². The Bertz CT molecular complexity index is 832. The number of urea groups is 1. The maximum atomic E-state index is 12.9. The van der Waals surface area contributed by atoms with Crippen molar-refractivity contribution in [1.29, 1.82) is 0 Å². The zero-order valence-corrected chi connectivity index (χ0v) is 15.5. The number of carbonyl (C=O) groups is 1. The Morgan fingerprint density at radius 3 is 2.65 bits per heavy atom. The summed E-state index contributed by atoms with van der Waals surface area (Å²) in [7, 11) is 0. The van der Waals surface area contributed by atoms with Gasteiger partial charge in [0.1, 0.15) is 5.37 Å². The summed E-state index contributed by atoms with van der Waals surface area (Å²) in [5, 5.41) is 2.91. The van der Waals surface area contributed by atoms with Crippen molar-refractivity contribution in [3.63, 3.8) is 0 Å². The van der Waals surface area contributed by atoms with E-state index in [0.29, 0.717) is 28.6 Å². The molecule has 1 atom stereocenters. The van der Waals surface area contributed by atoms with Gasteiger partial charge in [0, 0.05) is 17.3 Å². The van der Waals surface area contributed by atoms with Gasteiger partial charge in [-0.1, -0.05) is 35.3 Å². The molecule has 26 heavy (non-hydrogen) atoms. The Labute approximate surface area is 162 Å². The monoisotopic (exact) mass is 420 g/mol. The molecular formula is C17H13Cl2F3N2OS. The van der Waals surface area contributed by atoms with Crippen LogP contribution in [0.2, 0.25) is 10.0 Å². The normalized spacial score (nSPS) is 17.4. The van der Waals surface area contributed by atoms with E-state index in [2.05, 4.69) is 5.32 Å². The van der Waals surface area contributed by atoms with Crippen LogP contribution in [-0.4, -0.2) is 23.2 Å². The zero-order valence-electron chi connectivity index (χ0n) is 13.2. The summed E-state index contributed by atoms with van der Waals surface area (Å²) < 4.78 is 38.8. The number of hydrogen-bond donors (Lipinski definition) is 1. The summed E-state index contributed by atoms with van der Waals surface area (Å²) in [5.41, 5.74) is 0.0871. The van der Waals surface area contributed by atoms with Crippen molar-refractivity contribution in [3.05, 3.63) is 63.6 Å². The molecule has 2 aromatic rings. The zero-order chi connectivity index (χ0) is 18.9. The molecule has 1 N–H and O–H groups in total. The quantitative estimate of drug-likeness (QED) is 0.618. The molecule has 2 amide bonds. The van der Waals surface area contributed by atoms with Crippen LogP contribution in [0.1, 0.15) is 16.5 Å². The first kappa shape index (κ1) is 19.2. The van der Waals surface area contributed by atoms with Gasteiger partial charge >= 0.3 is 12.2 Å². The molecule has 1 aliphatic heterocycles. The number of nitrogens with zero attached hydrogens (tertiary/aromatic N) is 1. The van der Waals surface area contributed by atoms with Crippen LogP contribution < -0.4 is 5.32 Å². The molecule has 0 aromatic heterocycles. The lowest BCUT2D eigenvalue weighted by Gasteiger charge is -2.25. The van der Waals surface area contributed by atoms with Gasteiger partial charge in [0.2, 0.25) is 0 Å². The molecule has 0 spiro atoms. The third-order valence-corrected chi connectivity index (χ3v) is 5.63. The van der Waals surface area contributed by atoms with Crippen molar-refractivity contribution in [3.8, 4) is 0 Å². The van der Waals surface area contributed by atoms with Gasteiger partial charge in [-0.2, -0.15) is 13.2 Å². The fourth-order valence-electron chi connectivity index (χ4n) is 2.60. The fourth-order valence-corrected chi connectivity index (χ4v) is 4.30. The second-order valence-electron chi connectivity index (χ2n) is 5.59. The van der Waals surface area contributed by atoms with Crippen LogP contribution in [0.15, 0.2) is 42.5 Å². The smallest absolute Gasteiger partial charge is 0.308 e. The van der Waals surface area contributed by atoms with Crippen LogP contribution in [0, 0.1) is 0 Å². The summed E-state index contributed by atoms with van der Waals surface area (Å²) in [4.78, 5) is 14.1. The van der Waals surface area contributed by atoms with Crippen molar-refractivity contribution in [1.82, 2.24) is 4.90 Å². The summed E-state index contributed by atoms with van der Waals surface area (Å²) in [6.45, 7) is 0.419. The van der Waals surface area contributed by atoms with Gasteiger partial charge in [-0.05, 0) is 35.9 Å². The molecule has 2 aromatic carbocycles. The number of thioether (sulfide) groups is 1. The van der Waals surface area contributed by atoms with Gasteiger partial charge in [-0.3, -0.25) is 0 Å². The molecule has 138 valence electrons. The molecule has 1 fully saturated rings. The van der Waals surface area contributed by atoms with Crippen molar-refractivity contribution < 1.29 is 18.0 Å². The van der Waals surface area contributed by atoms with E-state index >= 15 is 0 Å². The fraction of sp³-hybridized carbons (Fsp3) is 0.235. The van der Waals surface area contributed by atoms with E-state index in [0.717, 1.165) is 12.1 Å². The molecule has 1 heterocycles. The molecule has 0 saturated carbocycles. The number of carbonyl (C=O) groups excluding carboxylic acids is 1. The van der Waals surface area contributed by atoms with Crippen LogP contribution in [0.5, 0.6) is 0 Å². The molecule has 0 bridgehead atoms. The van der Waals surface area contributed by atoms with E-state index in [1.165, 1.54) is 28.8 Å². The average molecular weight is 421 g/mol. The topological polar surface area (TPSA) is 32.3 Å². The number of alkyl halides is 3. The number of hydrogen-bond acceptors (Lipinski definition) is 2. The summed E-state index contributed by atoms with van der Waals surface area (Å²) in [6.07, 6.45) is -4.43. The number of nitrogens with one attached hydrogen (secondary N) is 1. The molecule has 1 saturated heterocycles. The van der Waals surface area contributed by atoms with Crippen molar-refractivity contribution in [2.45, 2.75) is 11.6 Å². The second-order valence-corrected chi connectivity index (χ2v) is 7.63. The Hall–Kier alpha value is -1.57. The predicted molar refractivity (Wildman–Crippen MR) is 98.8 cm³/mol. The highest BCUT2D eigenvalue weighted by molar-refractivity contribution is 7.99.